The molecule has 0 saturated carbocycles. The summed E-state index contributed by atoms with van der Waals surface area (Å²) in [5.41, 5.74) is 3.75. The Balaban J connectivity index is 1.69. The van der Waals surface area contributed by atoms with Crippen molar-refractivity contribution in [1.82, 2.24) is 15.2 Å². The van der Waals surface area contributed by atoms with Crippen molar-refractivity contribution in [1.29, 1.82) is 0 Å². The number of likely N-dealkylation sites (tertiary alicyclic amines) is 1. The average molecular weight is 353 g/mol. The molecule has 0 spiro atoms. The standard InChI is InChI=1S/C21H27N3O2/c1-15-9-19(21(25)24-8-6-17(13-24)11-22-3)10-16(2)20(15)26-14-18-5-4-7-23-12-18/h4-5,7,9-10,12,17,22H,6,8,11,13-14H2,1-3H3. The van der Waals surface area contributed by atoms with Crippen molar-refractivity contribution in [2.75, 3.05) is 26.7 Å². The number of aryl methyl sites for hydroxylation is 2. The van der Waals surface area contributed by atoms with E-state index in [0.717, 1.165) is 54.1 Å². The molecule has 1 aromatic heterocycles. The molecule has 2 aromatic rings. The lowest BCUT2D eigenvalue weighted by molar-refractivity contribution is 0.0787. The van der Waals surface area contributed by atoms with Gasteiger partial charge in [0.2, 0.25) is 0 Å². The molecule has 1 amide bonds. The zero-order valence-corrected chi connectivity index (χ0v) is 15.8. The molecule has 3 rings (SSSR count). The summed E-state index contributed by atoms with van der Waals surface area (Å²) >= 11 is 0. The maximum Gasteiger partial charge on any atom is 0.253 e. The molecule has 1 saturated heterocycles. The van der Waals surface area contributed by atoms with E-state index in [1.807, 2.05) is 50.1 Å². The van der Waals surface area contributed by atoms with Gasteiger partial charge in [0, 0.05) is 36.6 Å². The van der Waals surface area contributed by atoms with Gasteiger partial charge in [-0.1, -0.05) is 6.07 Å². The number of aromatic nitrogens is 1. The third-order valence-corrected chi connectivity index (χ3v) is 4.88. The van der Waals surface area contributed by atoms with Crippen LogP contribution in [0.2, 0.25) is 0 Å². The van der Waals surface area contributed by atoms with Gasteiger partial charge < -0.3 is 15.0 Å². The number of carbonyl (C=O) groups is 1. The van der Waals surface area contributed by atoms with Crippen LogP contribution in [0.3, 0.4) is 0 Å². The van der Waals surface area contributed by atoms with Crippen LogP contribution < -0.4 is 10.1 Å². The van der Waals surface area contributed by atoms with Crippen molar-refractivity contribution in [2.45, 2.75) is 26.9 Å². The van der Waals surface area contributed by atoms with E-state index in [9.17, 15) is 4.79 Å². The van der Waals surface area contributed by atoms with E-state index in [0.29, 0.717) is 12.5 Å². The molecule has 5 nitrogen and oxygen atoms in total. The number of amides is 1. The molecule has 1 fully saturated rings. The van der Waals surface area contributed by atoms with Gasteiger partial charge in [-0.05, 0) is 69.1 Å². The van der Waals surface area contributed by atoms with E-state index < -0.39 is 0 Å². The minimum Gasteiger partial charge on any atom is -0.488 e. The van der Waals surface area contributed by atoms with Gasteiger partial charge in [0.1, 0.15) is 12.4 Å². The molecule has 0 radical (unpaired) electrons. The molecule has 2 heterocycles. The Bertz CT molecular complexity index is 738. The Kier molecular flexibility index (Phi) is 5.89. The second-order valence-electron chi connectivity index (χ2n) is 7.05. The van der Waals surface area contributed by atoms with E-state index in [4.69, 9.17) is 4.74 Å². The summed E-state index contributed by atoms with van der Waals surface area (Å²) in [6.45, 7) is 7.09. The fraction of sp³-hybridized carbons (Fsp3) is 0.429. The Morgan fingerprint density at radius 3 is 2.77 bits per heavy atom. The van der Waals surface area contributed by atoms with Crippen molar-refractivity contribution in [3.63, 3.8) is 0 Å². The number of hydrogen-bond donors (Lipinski definition) is 1. The van der Waals surface area contributed by atoms with E-state index >= 15 is 0 Å². The third kappa shape index (κ3) is 4.22. The highest BCUT2D eigenvalue weighted by Crippen LogP contribution is 2.27. The van der Waals surface area contributed by atoms with Crippen molar-refractivity contribution in [3.05, 3.63) is 58.9 Å². The highest BCUT2D eigenvalue weighted by molar-refractivity contribution is 5.95. The van der Waals surface area contributed by atoms with Gasteiger partial charge in [0.05, 0.1) is 0 Å². The first-order chi connectivity index (χ1) is 12.6. The van der Waals surface area contributed by atoms with Crippen LogP contribution >= 0.6 is 0 Å². The topological polar surface area (TPSA) is 54.5 Å². The predicted octanol–water partition coefficient (Wildman–Crippen LogP) is 2.96. The first-order valence-corrected chi connectivity index (χ1v) is 9.15. The highest BCUT2D eigenvalue weighted by atomic mass is 16.5. The van der Waals surface area contributed by atoms with Crippen LogP contribution in [0, 0.1) is 19.8 Å². The summed E-state index contributed by atoms with van der Waals surface area (Å²) in [6, 6.07) is 7.78. The normalized spacial score (nSPS) is 16.7. The summed E-state index contributed by atoms with van der Waals surface area (Å²) in [7, 11) is 1.96. The number of carbonyl (C=O) groups excluding carboxylic acids is 1. The minimum absolute atomic E-state index is 0.119. The number of benzene rings is 1. The molecule has 1 aliphatic rings. The largest absolute Gasteiger partial charge is 0.488 e. The van der Waals surface area contributed by atoms with E-state index in [-0.39, 0.29) is 5.91 Å². The van der Waals surface area contributed by atoms with Crippen LogP contribution in [-0.2, 0) is 6.61 Å². The van der Waals surface area contributed by atoms with E-state index in [2.05, 4.69) is 10.3 Å². The minimum atomic E-state index is 0.119. The summed E-state index contributed by atoms with van der Waals surface area (Å²) in [5.74, 6) is 1.52. The highest BCUT2D eigenvalue weighted by Gasteiger charge is 2.27. The average Bonchev–Trinajstić information content (AvgIpc) is 3.10. The van der Waals surface area contributed by atoms with Gasteiger partial charge in [-0.3, -0.25) is 9.78 Å². The Morgan fingerprint density at radius 1 is 1.35 bits per heavy atom. The van der Waals surface area contributed by atoms with Crippen LogP contribution in [0.4, 0.5) is 0 Å². The molecule has 1 N–H and O–H groups in total. The van der Waals surface area contributed by atoms with Crippen molar-refractivity contribution in [3.8, 4) is 5.75 Å². The van der Waals surface area contributed by atoms with Gasteiger partial charge in [0.25, 0.3) is 5.91 Å². The number of pyridine rings is 1. The SMILES string of the molecule is CNCC1CCN(C(=O)c2cc(C)c(OCc3cccnc3)c(C)c2)C1. The number of ether oxygens (including phenoxy) is 1. The molecule has 1 atom stereocenters. The lowest BCUT2D eigenvalue weighted by atomic mass is 10.0. The summed E-state index contributed by atoms with van der Waals surface area (Å²) in [6.07, 6.45) is 4.62. The molecule has 1 aromatic carbocycles. The molecule has 1 aliphatic heterocycles. The first-order valence-electron chi connectivity index (χ1n) is 9.15. The van der Waals surface area contributed by atoms with Gasteiger partial charge in [-0.15, -0.1) is 0 Å². The molecule has 26 heavy (non-hydrogen) atoms. The molecule has 5 heteroatoms. The zero-order valence-electron chi connectivity index (χ0n) is 15.8. The number of hydrogen-bond acceptors (Lipinski definition) is 4. The second kappa shape index (κ2) is 8.32. The lowest BCUT2D eigenvalue weighted by Gasteiger charge is -2.19. The maximum atomic E-state index is 12.8. The van der Waals surface area contributed by atoms with Crippen LogP contribution in [0.5, 0.6) is 5.75 Å². The smallest absolute Gasteiger partial charge is 0.253 e. The number of rotatable bonds is 6. The fourth-order valence-corrected chi connectivity index (χ4v) is 3.60. The summed E-state index contributed by atoms with van der Waals surface area (Å²) < 4.78 is 5.99. The zero-order chi connectivity index (χ0) is 18.5. The van der Waals surface area contributed by atoms with Crippen LogP contribution in [0.15, 0.2) is 36.7 Å². The molecule has 1 unspecified atom stereocenters. The Morgan fingerprint density at radius 2 is 2.12 bits per heavy atom. The molecule has 0 aliphatic carbocycles. The lowest BCUT2D eigenvalue weighted by Crippen LogP contribution is -2.30. The molecule has 138 valence electrons. The molecule has 0 bridgehead atoms. The maximum absolute atomic E-state index is 12.8. The van der Waals surface area contributed by atoms with Gasteiger partial charge in [0.15, 0.2) is 0 Å². The van der Waals surface area contributed by atoms with Crippen LogP contribution in [0.1, 0.15) is 33.5 Å². The van der Waals surface area contributed by atoms with Crippen LogP contribution in [-0.4, -0.2) is 42.5 Å². The van der Waals surface area contributed by atoms with Gasteiger partial charge in [-0.2, -0.15) is 0 Å². The van der Waals surface area contributed by atoms with E-state index in [1.54, 1.807) is 12.4 Å². The number of nitrogens with zero attached hydrogens (tertiary/aromatic N) is 2. The summed E-state index contributed by atoms with van der Waals surface area (Å²) in [4.78, 5) is 18.9. The van der Waals surface area contributed by atoms with Crippen LogP contribution in [0.25, 0.3) is 0 Å². The van der Waals surface area contributed by atoms with Crippen molar-refractivity contribution < 1.29 is 9.53 Å². The van der Waals surface area contributed by atoms with Gasteiger partial charge in [-0.25, -0.2) is 0 Å². The second-order valence-corrected chi connectivity index (χ2v) is 7.05. The Labute approximate surface area is 155 Å². The first kappa shape index (κ1) is 18.4. The molecular weight excluding hydrogens is 326 g/mol. The summed E-state index contributed by atoms with van der Waals surface area (Å²) in [5, 5.41) is 3.20. The Hall–Kier alpha value is -2.40. The quantitative estimate of drug-likeness (QED) is 0.867. The fourth-order valence-electron chi connectivity index (χ4n) is 3.60. The van der Waals surface area contributed by atoms with Crippen molar-refractivity contribution >= 4 is 5.91 Å². The van der Waals surface area contributed by atoms with Gasteiger partial charge >= 0.3 is 0 Å². The predicted molar refractivity (Wildman–Crippen MR) is 102 cm³/mol. The molecular formula is C21H27N3O2. The third-order valence-electron chi connectivity index (χ3n) is 4.88. The monoisotopic (exact) mass is 353 g/mol. The van der Waals surface area contributed by atoms with E-state index in [1.165, 1.54) is 0 Å². The van der Waals surface area contributed by atoms with Crippen molar-refractivity contribution in [2.24, 2.45) is 5.92 Å². The number of nitrogens with one attached hydrogen (secondary N) is 1.